The van der Waals surface area contributed by atoms with Crippen LogP contribution in [0.25, 0.3) is 0 Å². The van der Waals surface area contributed by atoms with Gasteiger partial charge in [-0.25, -0.2) is 4.98 Å². The molecule has 0 aromatic carbocycles. The molecule has 2 aromatic rings. The first-order valence-corrected chi connectivity index (χ1v) is 4.49. The van der Waals surface area contributed by atoms with E-state index in [-0.39, 0.29) is 0 Å². The van der Waals surface area contributed by atoms with E-state index in [1.807, 2.05) is 12.1 Å². The number of nitrogens with zero attached hydrogens (tertiary/aromatic N) is 1. The topological polar surface area (TPSA) is 35.3 Å². The molecule has 0 fully saturated rings. The molecule has 2 aromatic heterocycles. The second-order valence-corrected chi connectivity index (χ2v) is 3.12. The number of rotatable bonds is 3. The SMILES string of the molecule is Clc1ccc(OCc2ccco2)nc1. The largest absolute Gasteiger partial charge is 0.469 e. The predicted octanol–water partition coefficient (Wildman–Crippen LogP) is 2.91. The third-order valence-corrected chi connectivity index (χ3v) is 1.87. The van der Waals surface area contributed by atoms with Gasteiger partial charge < -0.3 is 9.15 Å². The number of aromatic nitrogens is 1. The lowest BCUT2D eigenvalue weighted by Gasteiger charge is -2.01. The summed E-state index contributed by atoms with van der Waals surface area (Å²) in [6.07, 6.45) is 3.15. The number of halogens is 1. The molecule has 0 aliphatic rings. The molecule has 0 unspecified atom stereocenters. The van der Waals surface area contributed by atoms with Crippen LogP contribution in [-0.4, -0.2) is 4.98 Å². The fourth-order valence-corrected chi connectivity index (χ4v) is 1.10. The molecule has 0 radical (unpaired) electrons. The van der Waals surface area contributed by atoms with E-state index in [0.29, 0.717) is 17.5 Å². The highest BCUT2D eigenvalue weighted by atomic mass is 35.5. The Bertz CT molecular complexity index is 383. The molecular formula is C10H8ClNO2. The summed E-state index contributed by atoms with van der Waals surface area (Å²) in [7, 11) is 0. The lowest BCUT2D eigenvalue weighted by Crippen LogP contribution is -1.95. The first-order valence-electron chi connectivity index (χ1n) is 4.11. The number of furan rings is 1. The van der Waals surface area contributed by atoms with Crippen LogP contribution >= 0.6 is 11.6 Å². The fourth-order valence-electron chi connectivity index (χ4n) is 0.987. The lowest BCUT2D eigenvalue weighted by molar-refractivity contribution is 0.260. The van der Waals surface area contributed by atoms with Crippen LogP contribution in [0.15, 0.2) is 41.1 Å². The smallest absolute Gasteiger partial charge is 0.213 e. The molecule has 0 spiro atoms. The predicted molar refractivity (Wildman–Crippen MR) is 52.3 cm³/mol. The van der Waals surface area contributed by atoms with Gasteiger partial charge in [0.05, 0.1) is 11.3 Å². The highest BCUT2D eigenvalue weighted by Gasteiger charge is 1.98. The Morgan fingerprint density at radius 1 is 1.36 bits per heavy atom. The van der Waals surface area contributed by atoms with Crippen molar-refractivity contribution >= 4 is 11.6 Å². The van der Waals surface area contributed by atoms with Gasteiger partial charge in [-0.05, 0) is 18.2 Å². The van der Waals surface area contributed by atoms with Crippen molar-refractivity contribution in [2.45, 2.75) is 6.61 Å². The van der Waals surface area contributed by atoms with Gasteiger partial charge in [-0.1, -0.05) is 11.6 Å². The van der Waals surface area contributed by atoms with Gasteiger partial charge in [0.2, 0.25) is 5.88 Å². The summed E-state index contributed by atoms with van der Waals surface area (Å²) in [4.78, 5) is 3.98. The van der Waals surface area contributed by atoms with Crippen molar-refractivity contribution in [3.05, 3.63) is 47.5 Å². The Morgan fingerprint density at radius 2 is 2.29 bits per heavy atom. The zero-order chi connectivity index (χ0) is 9.80. The molecule has 4 heteroatoms. The summed E-state index contributed by atoms with van der Waals surface area (Å²) >= 11 is 5.67. The molecule has 0 aliphatic carbocycles. The van der Waals surface area contributed by atoms with E-state index in [9.17, 15) is 0 Å². The van der Waals surface area contributed by atoms with Gasteiger partial charge in [0, 0.05) is 12.3 Å². The van der Waals surface area contributed by atoms with Crippen molar-refractivity contribution in [1.29, 1.82) is 0 Å². The minimum Gasteiger partial charge on any atom is -0.469 e. The number of pyridine rings is 1. The summed E-state index contributed by atoms with van der Waals surface area (Å²) in [5.74, 6) is 1.30. The number of hydrogen-bond donors (Lipinski definition) is 0. The van der Waals surface area contributed by atoms with Crippen LogP contribution in [0.5, 0.6) is 5.88 Å². The quantitative estimate of drug-likeness (QED) is 0.780. The maximum atomic E-state index is 5.67. The molecule has 2 heterocycles. The fraction of sp³-hybridized carbons (Fsp3) is 0.100. The van der Waals surface area contributed by atoms with Gasteiger partial charge in [-0.3, -0.25) is 0 Å². The first kappa shape index (κ1) is 9.09. The van der Waals surface area contributed by atoms with Crippen molar-refractivity contribution in [2.75, 3.05) is 0 Å². The third kappa shape index (κ3) is 2.26. The Morgan fingerprint density at radius 3 is 2.93 bits per heavy atom. The molecule has 0 saturated heterocycles. The Labute approximate surface area is 86.3 Å². The van der Waals surface area contributed by atoms with E-state index in [0.717, 1.165) is 5.76 Å². The van der Waals surface area contributed by atoms with Gasteiger partial charge in [-0.15, -0.1) is 0 Å². The molecule has 0 amide bonds. The van der Waals surface area contributed by atoms with Crippen molar-refractivity contribution in [3.63, 3.8) is 0 Å². The van der Waals surface area contributed by atoms with E-state index >= 15 is 0 Å². The molecule has 0 aliphatic heterocycles. The van der Waals surface area contributed by atoms with E-state index in [1.54, 1.807) is 24.6 Å². The van der Waals surface area contributed by atoms with Crippen LogP contribution in [0.3, 0.4) is 0 Å². The number of hydrogen-bond acceptors (Lipinski definition) is 3. The Balaban J connectivity index is 1.95. The van der Waals surface area contributed by atoms with Crippen molar-refractivity contribution < 1.29 is 9.15 Å². The van der Waals surface area contributed by atoms with Crippen LogP contribution in [0.2, 0.25) is 5.02 Å². The van der Waals surface area contributed by atoms with Crippen molar-refractivity contribution in [1.82, 2.24) is 4.98 Å². The van der Waals surface area contributed by atoms with E-state index in [1.165, 1.54) is 0 Å². The van der Waals surface area contributed by atoms with Crippen LogP contribution < -0.4 is 4.74 Å². The molecule has 0 bridgehead atoms. The van der Waals surface area contributed by atoms with E-state index < -0.39 is 0 Å². The average Bonchev–Trinajstić information content (AvgIpc) is 2.70. The van der Waals surface area contributed by atoms with Crippen LogP contribution in [0.4, 0.5) is 0 Å². The first-order chi connectivity index (χ1) is 6.84. The minimum absolute atomic E-state index is 0.377. The van der Waals surface area contributed by atoms with Gasteiger partial charge in [0.25, 0.3) is 0 Å². The Kier molecular flexibility index (Phi) is 2.70. The molecule has 0 N–H and O–H groups in total. The third-order valence-electron chi connectivity index (χ3n) is 1.64. The second-order valence-electron chi connectivity index (χ2n) is 2.68. The summed E-state index contributed by atoms with van der Waals surface area (Å²) < 4.78 is 10.4. The lowest BCUT2D eigenvalue weighted by atomic mass is 10.4. The average molecular weight is 210 g/mol. The molecule has 0 atom stereocenters. The van der Waals surface area contributed by atoms with E-state index in [4.69, 9.17) is 20.8 Å². The van der Waals surface area contributed by atoms with Gasteiger partial charge in [0.1, 0.15) is 12.4 Å². The standard InChI is InChI=1S/C10H8ClNO2/c11-8-3-4-10(12-6-8)14-7-9-2-1-5-13-9/h1-6H,7H2. The van der Waals surface area contributed by atoms with Crippen LogP contribution in [0.1, 0.15) is 5.76 Å². The maximum absolute atomic E-state index is 5.67. The Hall–Kier alpha value is -1.48. The highest BCUT2D eigenvalue weighted by Crippen LogP contribution is 2.13. The monoisotopic (exact) mass is 209 g/mol. The van der Waals surface area contributed by atoms with Gasteiger partial charge in [0.15, 0.2) is 0 Å². The summed E-state index contributed by atoms with van der Waals surface area (Å²) in [6.45, 7) is 0.377. The molecule has 14 heavy (non-hydrogen) atoms. The summed E-state index contributed by atoms with van der Waals surface area (Å²) in [5, 5.41) is 0.593. The normalized spacial score (nSPS) is 10.1. The molecule has 0 saturated carbocycles. The van der Waals surface area contributed by atoms with Gasteiger partial charge in [-0.2, -0.15) is 0 Å². The zero-order valence-corrected chi connectivity index (χ0v) is 8.07. The zero-order valence-electron chi connectivity index (χ0n) is 7.31. The summed E-state index contributed by atoms with van der Waals surface area (Å²) in [6, 6.07) is 7.10. The van der Waals surface area contributed by atoms with Crippen molar-refractivity contribution in [2.24, 2.45) is 0 Å². The molecule has 72 valence electrons. The second kappa shape index (κ2) is 4.15. The maximum Gasteiger partial charge on any atom is 0.213 e. The van der Waals surface area contributed by atoms with Gasteiger partial charge >= 0.3 is 0 Å². The van der Waals surface area contributed by atoms with Crippen LogP contribution in [0, 0.1) is 0 Å². The van der Waals surface area contributed by atoms with Crippen molar-refractivity contribution in [3.8, 4) is 5.88 Å². The molecular weight excluding hydrogens is 202 g/mol. The van der Waals surface area contributed by atoms with E-state index in [2.05, 4.69) is 4.98 Å². The number of ether oxygens (including phenoxy) is 1. The molecule has 3 nitrogen and oxygen atoms in total. The van der Waals surface area contributed by atoms with Crippen LogP contribution in [-0.2, 0) is 6.61 Å². The summed E-state index contributed by atoms with van der Waals surface area (Å²) in [5.41, 5.74) is 0. The highest BCUT2D eigenvalue weighted by molar-refractivity contribution is 6.30. The molecule has 2 rings (SSSR count). The minimum atomic E-state index is 0.377.